The van der Waals surface area contributed by atoms with Crippen LogP contribution in [0.25, 0.3) is 124 Å². The van der Waals surface area contributed by atoms with E-state index in [1.807, 2.05) is 206 Å². The van der Waals surface area contributed by atoms with Crippen LogP contribution in [-0.2, 0) is 20.1 Å². The summed E-state index contributed by atoms with van der Waals surface area (Å²) in [7, 11) is -0.549. The molecule has 16 aromatic carbocycles. The minimum atomic E-state index is -0.671. The molecule has 2 aliphatic carbocycles. The molecule has 0 atom stereocenters. The second-order valence-electron chi connectivity index (χ2n) is 32.8. The number of hydrogen-bond acceptors (Lipinski definition) is 12. The predicted octanol–water partition coefficient (Wildman–Crippen LogP) is 26.2. The first-order chi connectivity index (χ1) is 61.8. The number of benzene rings is 16. The van der Waals surface area contributed by atoms with Crippen LogP contribution in [-0.4, -0.2) is 48.2 Å². The summed E-state index contributed by atoms with van der Waals surface area (Å²) in [5.74, 6) is 7.20. The molecule has 18 aromatic rings. The molecule has 2 aromatic heterocycles. The van der Waals surface area contributed by atoms with Crippen LogP contribution in [0.1, 0.15) is 83.3 Å². The van der Waals surface area contributed by atoms with Gasteiger partial charge in [-0.25, -0.2) is 29.9 Å². The number of hydrogen-bond donors (Lipinski definition) is 0. The normalized spacial score (nSPS) is 14.0. The highest BCUT2D eigenvalue weighted by Crippen LogP contribution is 2.66. The van der Waals surface area contributed by atoms with Gasteiger partial charge in [-0.05, 0) is 178 Å². The Labute approximate surface area is 739 Å². The van der Waals surface area contributed by atoms with Crippen LogP contribution >= 0.6 is 15.9 Å². The van der Waals surface area contributed by atoms with E-state index in [9.17, 15) is 10.5 Å². The van der Waals surface area contributed by atoms with Crippen LogP contribution < -0.4 is 14.9 Å². The van der Waals surface area contributed by atoms with E-state index >= 15 is 0 Å². The Morgan fingerprint density at radius 3 is 0.873 bits per heavy atom. The first kappa shape index (κ1) is 77.9. The number of para-hydroxylation sites is 4. The standard InChI is InChI=1S/C53H32N4O.C38H30BNO3.C21H14BrN3/c54-33-34-15-11-20-37(31-34)40-23-13-27-44-48(40)49-41(24-14-28-45(49)53(44)42-25-7-9-29-46(42)58-47-30-10-8-26-43(47)53)38-21-12-22-39(32-38)52-56-50(35-16-3-1-4-17-35)55-51(57-52)36-18-5-2-6-19-36;1-36(2)37(3,4)43-39(42-36)31-19-11-18-30-35(31)34-26(25-13-9-12-24(22-25)23-40)14-10-17-29(34)38(30)27-15-5-7-20-32(27)41-33-21-8-6-16-28(33)38;22-18-13-7-12-17(14-18)21-24-19(15-8-3-1-4-9-15)23-20(25-21)16-10-5-2-6-11-16/h1-32H;5-22H,1-4H3;1-14H. The van der Waals surface area contributed by atoms with E-state index in [1.165, 1.54) is 22.3 Å². The number of nitriles is 2. The van der Waals surface area contributed by atoms with E-state index in [0.717, 1.165) is 144 Å². The first-order valence-electron chi connectivity index (χ1n) is 42.0. The molecule has 1 saturated heterocycles. The highest BCUT2D eigenvalue weighted by Gasteiger charge is 2.57. The number of aromatic nitrogens is 6. The second kappa shape index (κ2) is 31.8. The van der Waals surface area contributed by atoms with E-state index in [2.05, 4.69) is 243 Å². The number of nitrogens with zero attached hydrogens (tertiary/aromatic N) is 8. The van der Waals surface area contributed by atoms with Gasteiger partial charge in [0.15, 0.2) is 34.9 Å². The molecule has 23 rings (SSSR count). The Bertz CT molecular complexity index is 7220. The fourth-order valence-corrected chi connectivity index (χ4v) is 19.1. The summed E-state index contributed by atoms with van der Waals surface area (Å²) in [4.78, 5) is 29.2. The van der Waals surface area contributed by atoms with Gasteiger partial charge in [0.05, 0.1) is 45.3 Å². The van der Waals surface area contributed by atoms with Crippen molar-refractivity contribution in [1.82, 2.24) is 29.9 Å². The molecule has 0 radical (unpaired) electrons. The first-order valence-corrected chi connectivity index (χ1v) is 42.8. The lowest BCUT2D eigenvalue weighted by Crippen LogP contribution is -2.41. The molecule has 1 fully saturated rings. The third-order valence-electron chi connectivity index (χ3n) is 25.0. The Morgan fingerprint density at radius 1 is 0.254 bits per heavy atom. The summed E-state index contributed by atoms with van der Waals surface area (Å²) < 4.78 is 27.6. The van der Waals surface area contributed by atoms with E-state index in [1.54, 1.807) is 0 Å². The Hall–Kier alpha value is -15.4. The molecule has 14 heteroatoms. The summed E-state index contributed by atoms with van der Waals surface area (Å²) in [6, 6.07) is 137. The highest BCUT2D eigenvalue weighted by molar-refractivity contribution is 9.10. The third kappa shape index (κ3) is 13.3. The minimum Gasteiger partial charge on any atom is -0.457 e. The number of ether oxygens (including phenoxy) is 2. The van der Waals surface area contributed by atoms with Crippen LogP contribution in [0.4, 0.5) is 0 Å². The van der Waals surface area contributed by atoms with Gasteiger partial charge in [0.2, 0.25) is 0 Å². The molecule has 0 N–H and O–H groups in total. The summed E-state index contributed by atoms with van der Waals surface area (Å²) in [5, 5.41) is 19.7. The monoisotopic (exact) mass is 1690 g/mol. The zero-order valence-electron chi connectivity index (χ0n) is 69.1. The summed E-state index contributed by atoms with van der Waals surface area (Å²) in [6.07, 6.45) is 0. The zero-order valence-corrected chi connectivity index (χ0v) is 70.7. The van der Waals surface area contributed by atoms with Gasteiger partial charge in [0.1, 0.15) is 23.0 Å². The van der Waals surface area contributed by atoms with E-state index in [0.29, 0.717) is 46.1 Å². The average molecular weight is 1690 g/mol. The molecule has 0 saturated carbocycles. The van der Waals surface area contributed by atoms with Crippen molar-refractivity contribution in [3.05, 3.63) is 448 Å². The van der Waals surface area contributed by atoms with Crippen LogP contribution in [0.5, 0.6) is 23.0 Å². The molecule has 5 heterocycles. The fraction of sp³-hybridized carbons (Fsp3) is 0.0714. The molecule has 12 nitrogen and oxygen atoms in total. The number of halogens is 1. The Kier molecular flexibility index (Phi) is 19.7. The number of rotatable bonds is 10. The fourth-order valence-electron chi connectivity index (χ4n) is 18.7. The Morgan fingerprint density at radius 2 is 0.516 bits per heavy atom. The quantitative estimate of drug-likeness (QED) is 0.119. The minimum absolute atomic E-state index is 0.488. The van der Waals surface area contributed by atoms with Crippen molar-refractivity contribution < 1.29 is 18.8 Å². The van der Waals surface area contributed by atoms with Crippen molar-refractivity contribution in [2.24, 2.45) is 0 Å². The van der Waals surface area contributed by atoms with Crippen LogP contribution in [0.15, 0.2) is 393 Å². The van der Waals surface area contributed by atoms with Crippen molar-refractivity contribution in [3.8, 4) is 159 Å². The maximum Gasteiger partial charge on any atom is 0.495 e. The Balaban J connectivity index is 0.000000125. The van der Waals surface area contributed by atoms with Crippen LogP contribution in [0, 0.1) is 22.7 Å². The predicted molar refractivity (Wildman–Crippen MR) is 503 cm³/mol. The largest absolute Gasteiger partial charge is 0.495 e. The molecular weight excluding hydrogens is 1610 g/mol. The van der Waals surface area contributed by atoms with Gasteiger partial charge in [-0.1, -0.05) is 337 Å². The SMILES string of the molecule is Brc1cccc(-c2nc(-c3ccccc3)nc(-c3ccccc3)n2)c1.CC1(C)OB(c2cccc3c2-c2c(-c4cccc(C#N)c4)cccc2C32c3ccccc3Oc3ccccc32)OC1(C)C.N#Cc1cccc(-c2cccc3c2-c2c(-c4cccc(-c5nc(-c6ccccc6)nc(-c6ccccc6)n5)c4)cccc2C32c3ccccc3Oc3ccccc32)c1. The molecule has 0 amide bonds. The van der Waals surface area contributed by atoms with Gasteiger partial charge >= 0.3 is 7.12 Å². The van der Waals surface area contributed by atoms with Gasteiger partial charge in [-0.2, -0.15) is 10.5 Å². The van der Waals surface area contributed by atoms with Gasteiger partial charge < -0.3 is 18.8 Å². The van der Waals surface area contributed by atoms with Crippen molar-refractivity contribution in [3.63, 3.8) is 0 Å². The number of fused-ring (bicyclic) bond motifs is 18. The smallest absolute Gasteiger partial charge is 0.457 e. The lowest BCUT2D eigenvalue weighted by Gasteiger charge is -2.39. The topological polar surface area (TPSA) is 162 Å². The second-order valence-corrected chi connectivity index (χ2v) is 33.7. The van der Waals surface area contributed by atoms with Crippen molar-refractivity contribution >= 4 is 28.5 Å². The van der Waals surface area contributed by atoms with Gasteiger partial charge in [-0.15, -0.1) is 0 Å². The van der Waals surface area contributed by atoms with Gasteiger partial charge in [0.25, 0.3) is 0 Å². The van der Waals surface area contributed by atoms with Gasteiger partial charge in [0, 0.05) is 60.1 Å². The van der Waals surface area contributed by atoms with Crippen LogP contribution in [0.3, 0.4) is 0 Å². The molecule has 3 aliphatic heterocycles. The van der Waals surface area contributed by atoms with Crippen molar-refractivity contribution in [1.29, 1.82) is 10.5 Å². The van der Waals surface area contributed by atoms with Crippen molar-refractivity contribution in [2.45, 2.75) is 49.7 Å². The maximum absolute atomic E-state index is 9.98. The zero-order chi connectivity index (χ0) is 85.3. The molecule has 2 spiro atoms. The lowest BCUT2D eigenvalue weighted by atomic mass is 9.65. The van der Waals surface area contributed by atoms with Gasteiger partial charge in [-0.3, -0.25) is 0 Å². The summed E-state index contributed by atoms with van der Waals surface area (Å²) in [5.41, 5.74) is 25.4. The third-order valence-corrected chi connectivity index (χ3v) is 25.5. The van der Waals surface area contributed by atoms with E-state index in [4.69, 9.17) is 43.7 Å². The molecular formula is C112H76BBrN8O4. The van der Waals surface area contributed by atoms with Crippen LogP contribution in [0.2, 0.25) is 0 Å². The lowest BCUT2D eigenvalue weighted by molar-refractivity contribution is 0.00578. The highest BCUT2D eigenvalue weighted by atomic mass is 79.9. The summed E-state index contributed by atoms with van der Waals surface area (Å²) >= 11 is 3.52. The van der Waals surface area contributed by atoms with E-state index in [-0.39, 0.29) is 0 Å². The molecule has 126 heavy (non-hydrogen) atoms. The maximum atomic E-state index is 9.98. The van der Waals surface area contributed by atoms with E-state index < -0.39 is 29.2 Å². The molecule has 5 aliphatic rings. The molecule has 0 unspecified atom stereocenters. The average Bonchev–Trinajstić information content (AvgIpc) is 1.51. The summed E-state index contributed by atoms with van der Waals surface area (Å²) in [6.45, 7) is 8.37. The van der Waals surface area contributed by atoms with Crippen molar-refractivity contribution in [2.75, 3.05) is 0 Å². The molecule has 598 valence electrons. The molecule has 0 bridgehead atoms.